The van der Waals surface area contributed by atoms with Gasteiger partial charge in [0.25, 0.3) is 0 Å². The molecule has 0 amide bonds. The highest BCUT2D eigenvalue weighted by molar-refractivity contribution is 5.96. The lowest BCUT2D eigenvalue weighted by atomic mass is 10.1. The molecular formula is C18H18N2O3. The molecule has 5 heteroatoms. The fourth-order valence-electron chi connectivity index (χ4n) is 2.62. The molecule has 2 heterocycles. The van der Waals surface area contributed by atoms with Crippen LogP contribution in [0.3, 0.4) is 0 Å². The van der Waals surface area contributed by atoms with E-state index in [1.165, 1.54) is 7.11 Å². The Morgan fingerprint density at radius 3 is 2.52 bits per heavy atom. The van der Waals surface area contributed by atoms with Gasteiger partial charge in [-0.05, 0) is 42.8 Å². The van der Waals surface area contributed by atoms with Crippen LogP contribution in [0.2, 0.25) is 0 Å². The Morgan fingerprint density at radius 1 is 1.13 bits per heavy atom. The van der Waals surface area contributed by atoms with Crippen LogP contribution in [0.4, 0.5) is 0 Å². The first-order chi connectivity index (χ1) is 11.1. The Morgan fingerprint density at radius 2 is 1.87 bits per heavy atom. The van der Waals surface area contributed by atoms with Crippen LogP contribution in [0, 0.1) is 6.92 Å². The van der Waals surface area contributed by atoms with Crippen LogP contribution >= 0.6 is 0 Å². The summed E-state index contributed by atoms with van der Waals surface area (Å²) in [6, 6.07) is 9.77. The summed E-state index contributed by atoms with van der Waals surface area (Å²) < 4.78 is 12.0. The van der Waals surface area contributed by atoms with Crippen molar-refractivity contribution < 1.29 is 14.3 Å². The molecule has 0 aliphatic heterocycles. The molecule has 118 valence electrons. The van der Waals surface area contributed by atoms with Crippen molar-refractivity contribution in [2.75, 3.05) is 14.2 Å². The van der Waals surface area contributed by atoms with Crippen molar-refractivity contribution in [1.29, 1.82) is 0 Å². The Bertz CT molecular complexity index is 828. The number of rotatable bonds is 4. The largest absolute Gasteiger partial charge is 0.497 e. The molecule has 0 aliphatic rings. The first kappa shape index (κ1) is 15.0. The highest BCUT2D eigenvalue weighted by Gasteiger charge is 2.18. The quantitative estimate of drug-likeness (QED) is 0.749. The van der Waals surface area contributed by atoms with Crippen LogP contribution in [0.25, 0.3) is 16.8 Å². The van der Waals surface area contributed by atoms with Crippen molar-refractivity contribution in [3.05, 3.63) is 60.2 Å². The second-order valence-electron chi connectivity index (χ2n) is 5.22. The minimum absolute atomic E-state index is 0.370. The molecule has 0 saturated heterocycles. The van der Waals surface area contributed by atoms with E-state index in [4.69, 9.17) is 9.47 Å². The van der Waals surface area contributed by atoms with Crippen LogP contribution in [-0.2, 0) is 4.74 Å². The number of aryl methyl sites for hydroxylation is 1. The summed E-state index contributed by atoms with van der Waals surface area (Å²) >= 11 is 0. The first-order valence-corrected chi connectivity index (χ1v) is 7.23. The van der Waals surface area contributed by atoms with Gasteiger partial charge < -0.3 is 19.0 Å². The van der Waals surface area contributed by atoms with Gasteiger partial charge in [-0.15, -0.1) is 0 Å². The molecule has 3 aromatic rings. The molecule has 0 radical (unpaired) electrons. The zero-order valence-electron chi connectivity index (χ0n) is 13.3. The number of nitrogens with zero attached hydrogens (tertiary/aromatic N) is 1. The molecule has 0 bridgehead atoms. The number of carbonyl (C=O) groups is 1. The number of methoxy groups -OCH3 is 2. The lowest BCUT2D eigenvalue weighted by Crippen LogP contribution is -2.03. The average molecular weight is 310 g/mol. The van der Waals surface area contributed by atoms with Gasteiger partial charge in [0.2, 0.25) is 0 Å². The van der Waals surface area contributed by atoms with E-state index in [9.17, 15) is 4.79 Å². The monoisotopic (exact) mass is 310 g/mol. The zero-order chi connectivity index (χ0) is 16.4. The van der Waals surface area contributed by atoms with Gasteiger partial charge in [0, 0.05) is 35.4 Å². The number of benzene rings is 1. The molecule has 2 aromatic heterocycles. The maximum Gasteiger partial charge on any atom is 0.355 e. The zero-order valence-corrected chi connectivity index (χ0v) is 13.3. The Labute approximate surface area is 134 Å². The molecule has 3 rings (SSSR count). The highest BCUT2D eigenvalue weighted by Crippen LogP contribution is 2.29. The van der Waals surface area contributed by atoms with Crippen molar-refractivity contribution in [3.8, 4) is 22.6 Å². The lowest BCUT2D eigenvalue weighted by molar-refractivity contribution is 0.0595. The maximum atomic E-state index is 11.9. The van der Waals surface area contributed by atoms with Crippen LogP contribution in [0.15, 0.2) is 48.9 Å². The van der Waals surface area contributed by atoms with Gasteiger partial charge in [0.05, 0.1) is 14.2 Å². The third-order valence-corrected chi connectivity index (χ3v) is 3.82. The summed E-state index contributed by atoms with van der Waals surface area (Å²) in [5.41, 5.74) is 4.31. The van der Waals surface area contributed by atoms with Crippen molar-refractivity contribution in [2.45, 2.75) is 6.92 Å². The number of H-pyrrole nitrogens is 1. The van der Waals surface area contributed by atoms with E-state index in [1.54, 1.807) is 7.11 Å². The number of esters is 1. The van der Waals surface area contributed by atoms with Gasteiger partial charge in [-0.25, -0.2) is 4.79 Å². The van der Waals surface area contributed by atoms with Crippen molar-refractivity contribution >= 4 is 5.97 Å². The number of ether oxygens (including phenoxy) is 2. The molecule has 0 unspecified atom stereocenters. The highest BCUT2D eigenvalue weighted by atomic mass is 16.5. The molecule has 5 nitrogen and oxygen atoms in total. The molecule has 0 fully saturated rings. The van der Waals surface area contributed by atoms with Gasteiger partial charge in [-0.3, -0.25) is 0 Å². The number of hydrogen-bond acceptors (Lipinski definition) is 3. The SMILES string of the molecule is COC(=O)c1[nH]cc(C)c1-c1ccn(-c2ccc(OC)cc2)c1. The summed E-state index contributed by atoms with van der Waals surface area (Å²) in [4.78, 5) is 14.9. The van der Waals surface area contributed by atoms with E-state index in [0.29, 0.717) is 5.69 Å². The van der Waals surface area contributed by atoms with E-state index in [-0.39, 0.29) is 5.97 Å². The van der Waals surface area contributed by atoms with E-state index in [0.717, 1.165) is 28.1 Å². The van der Waals surface area contributed by atoms with Gasteiger partial charge in [-0.1, -0.05) is 0 Å². The Kier molecular flexibility index (Phi) is 3.93. The van der Waals surface area contributed by atoms with Crippen LogP contribution < -0.4 is 4.74 Å². The van der Waals surface area contributed by atoms with Crippen molar-refractivity contribution in [1.82, 2.24) is 9.55 Å². The maximum absolute atomic E-state index is 11.9. The number of nitrogens with one attached hydrogen (secondary N) is 1. The molecule has 0 spiro atoms. The summed E-state index contributed by atoms with van der Waals surface area (Å²) in [7, 11) is 3.02. The summed E-state index contributed by atoms with van der Waals surface area (Å²) in [5, 5.41) is 0. The number of carbonyl (C=O) groups excluding carboxylic acids is 1. The third kappa shape index (κ3) is 2.73. The predicted molar refractivity (Wildman–Crippen MR) is 88.2 cm³/mol. The standard InChI is InChI=1S/C18H18N2O3/c1-12-10-19-17(18(21)23-3)16(12)13-8-9-20(11-13)14-4-6-15(22-2)7-5-14/h4-11,19H,1-3H3. The minimum atomic E-state index is -0.370. The first-order valence-electron chi connectivity index (χ1n) is 7.23. The average Bonchev–Trinajstić information content (AvgIpc) is 3.20. The predicted octanol–water partition coefficient (Wildman–Crippen LogP) is 3.58. The van der Waals surface area contributed by atoms with Gasteiger partial charge in [0.1, 0.15) is 11.4 Å². The molecule has 1 N–H and O–H groups in total. The van der Waals surface area contributed by atoms with Crippen molar-refractivity contribution in [2.24, 2.45) is 0 Å². The van der Waals surface area contributed by atoms with Gasteiger partial charge >= 0.3 is 5.97 Å². The molecule has 0 aliphatic carbocycles. The Hall–Kier alpha value is -2.95. The molecule has 23 heavy (non-hydrogen) atoms. The molecule has 1 aromatic carbocycles. The number of aromatic amines is 1. The van der Waals surface area contributed by atoms with Gasteiger partial charge in [0.15, 0.2) is 0 Å². The minimum Gasteiger partial charge on any atom is -0.497 e. The summed E-state index contributed by atoms with van der Waals surface area (Å²) in [6.07, 6.45) is 5.77. The molecular weight excluding hydrogens is 292 g/mol. The van der Waals surface area contributed by atoms with Gasteiger partial charge in [-0.2, -0.15) is 0 Å². The van der Waals surface area contributed by atoms with E-state index in [2.05, 4.69) is 4.98 Å². The number of aromatic nitrogens is 2. The van der Waals surface area contributed by atoms with E-state index >= 15 is 0 Å². The molecule has 0 saturated carbocycles. The fraction of sp³-hybridized carbons (Fsp3) is 0.167. The second-order valence-corrected chi connectivity index (χ2v) is 5.22. The van der Waals surface area contributed by atoms with Crippen molar-refractivity contribution in [3.63, 3.8) is 0 Å². The third-order valence-electron chi connectivity index (χ3n) is 3.82. The van der Waals surface area contributed by atoms with Crippen LogP contribution in [0.1, 0.15) is 16.1 Å². The van der Waals surface area contributed by atoms with Crippen LogP contribution in [0.5, 0.6) is 5.75 Å². The van der Waals surface area contributed by atoms with E-state index < -0.39 is 0 Å². The normalized spacial score (nSPS) is 10.6. The van der Waals surface area contributed by atoms with E-state index in [1.807, 2.05) is 60.4 Å². The molecule has 0 atom stereocenters. The lowest BCUT2D eigenvalue weighted by Gasteiger charge is -2.05. The smallest absolute Gasteiger partial charge is 0.355 e. The fourth-order valence-corrected chi connectivity index (χ4v) is 2.62. The summed E-state index contributed by atoms with van der Waals surface area (Å²) in [5.74, 6) is 0.445. The number of hydrogen-bond donors (Lipinski definition) is 1. The topological polar surface area (TPSA) is 56.2 Å². The summed E-state index contributed by atoms with van der Waals surface area (Å²) in [6.45, 7) is 1.96. The Balaban J connectivity index is 1.99. The second kappa shape index (κ2) is 6.04. The van der Waals surface area contributed by atoms with Crippen LogP contribution in [-0.4, -0.2) is 29.7 Å².